The van der Waals surface area contributed by atoms with Gasteiger partial charge in [-0.05, 0) is 36.4 Å². The Labute approximate surface area is 137 Å². The number of carbonyl (C=O) groups is 1. The van der Waals surface area contributed by atoms with E-state index in [0.29, 0.717) is 6.20 Å². The molecule has 7 nitrogen and oxygen atoms in total. The number of aromatic hydroxyl groups is 1. The number of aromatic nitrogens is 2. The van der Waals surface area contributed by atoms with Gasteiger partial charge in [0.1, 0.15) is 11.4 Å². The molecule has 0 aliphatic heterocycles. The topological polar surface area (TPSA) is 99.5 Å². The molecule has 0 saturated carbocycles. The SMILES string of the molecule is O=C(O)c1nc2ccc(C(F)(F)F)cn2c1N=Nc1ccc(O)cc1. The number of aromatic carboxylic acids is 1. The number of nitrogens with zero attached hydrogens (tertiary/aromatic N) is 4. The number of benzene rings is 1. The molecule has 0 bridgehead atoms. The quantitative estimate of drug-likeness (QED) is 0.692. The molecule has 3 aromatic rings. The molecule has 0 aliphatic carbocycles. The van der Waals surface area contributed by atoms with Gasteiger partial charge in [-0.25, -0.2) is 9.78 Å². The minimum Gasteiger partial charge on any atom is -0.508 e. The Hall–Kier alpha value is -3.43. The number of hydrogen-bond acceptors (Lipinski definition) is 5. The monoisotopic (exact) mass is 350 g/mol. The molecular weight excluding hydrogens is 341 g/mol. The summed E-state index contributed by atoms with van der Waals surface area (Å²) in [6, 6.07) is 7.34. The number of phenolic OH excluding ortho intramolecular Hbond substituents is 1. The zero-order valence-electron chi connectivity index (χ0n) is 12.3. The van der Waals surface area contributed by atoms with Gasteiger partial charge in [-0.2, -0.15) is 13.2 Å². The van der Waals surface area contributed by atoms with Crippen LogP contribution < -0.4 is 0 Å². The Kier molecular flexibility index (Phi) is 3.87. The molecule has 2 aromatic heterocycles. The van der Waals surface area contributed by atoms with Crippen LogP contribution in [-0.4, -0.2) is 25.6 Å². The Balaban J connectivity index is 2.14. The van der Waals surface area contributed by atoms with Gasteiger partial charge in [-0.3, -0.25) is 4.40 Å². The van der Waals surface area contributed by atoms with Crippen LogP contribution in [0.4, 0.5) is 24.7 Å². The van der Waals surface area contributed by atoms with Gasteiger partial charge in [0, 0.05) is 6.20 Å². The third-order valence-corrected chi connectivity index (χ3v) is 3.23. The number of imidazole rings is 1. The standard InChI is InChI=1S/C15H9F3N4O3/c16-15(17,18)8-1-6-11-19-12(14(24)25)13(22(11)7-8)21-20-9-2-4-10(23)5-3-9/h1-7,23H,(H,24,25). The van der Waals surface area contributed by atoms with Crippen molar-refractivity contribution in [2.24, 2.45) is 10.2 Å². The second kappa shape index (κ2) is 5.89. The summed E-state index contributed by atoms with van der Waals surface area (Å²) in [6.45, 7) is 0. The summed E-state index contributed by atoms with van der Waals surface area (Å²) in [4.78, 5) is 15.1. The van der Waals surface area contributed by atoms with Crippen LogP contribution in [-0.2, 0) is 6.18 Å². The normalized spacial score (nSPS) is 12.1. The van der Waals surface area contributed by atoms with E-state index in [4.69, 9.17) is 0 Å². The molecule has 0 amide bonds. The predicted octanol–water partition coefficient (Wildman–Crippen LogP) is 4.17. The summed E-state index contributed by atoms with van der Waals surface area (Å²) in [5.74, 6) is -1.80. The van der Waals surface area contributed by atoms with Gasteiger partial charge < -0.3 is 10.2 Å². The Morgan fingerprint density at radius 3 is 2.36 bits per heavy atom. The molecule has 0 aliphatic rings. The van der Waals surface area contributed by atoms with E-state index < -0.39 is 23.4 Å². The van der Waals surface area contributed by atoms with Crippen molar-refractivity contribution in [1.29, 1.82) is 0 Å². The van der Waals surface area contributed by atoms with Crippen LogP contribution in [0.3, 0.4) is 0 Å². The van der Waals surface area contributed by atoms with Gasteiger partial charge in [-0.15, -0.1) is 10.2 Å². The fourth-order valence-corrected chi connectivity index (χ4v) is 2.06. The maximum atomic E-state index is 12.9. The van der Waals surface area contributed by atoms with Gasteiger partial charge in [0.2, 0.25) is 0 Å². The Morgan fingerprint density at radius 2 is 1.76 bits per heavy atom. The number of carboxylic acid groups (broad SMARTS) is 1. The number of halogens is 3. The van der Waals surface area contributed by atoms with E-state index in [1.807, 2.05) is 0 Å². The Morgan fingerprint density at radius 1 is 1.08 bits per heavy atom. The summed E-state index contributed by atoms with van der Waals surface area (Å²) >= 11 is 0. The number of pyridine rings is 1. The van der Waals surface area contributed by atoms with Crippen LogP contribution in [0.5, 0.6) is 5.75 Å². The first-order valence-corrected chi connectivity index (χ1v) is 6.79. The summed E-state index contributed by atoms with van der Waals surface area (Å²) < 4.78 is 39.5. The van der Waals surface area contributed by atoms with E-state index in [9.17, 15) is 28.2 Å². The molecule has 0 saturated heterocycles. The van der Waals surface area contributed by atoms with Crippen molar-refractivity contribution in [2.45, 2.75) is 6.18 Å². The van der Waals surface area contributed by atoms with Crippen LogP contribution in [0.25, 0.3) is 5.65 Å². The number of alkyl halides is 3. The molecule has 0 fully saturated rings. The van der Waals surface area contributed by atoms with E-state index in [1.54, 1.807) is 0 Å². The number of carboxylic acids is 1. The third kappa shape index (κ3) is 3.27. The average molecular weight is 350 g/mol. The molecular formula is C15H9F3N4O3. The van der Waals surface area contributed by atoms with Gasteiger partial charge in [0.15, 0.2) is 11.5 Å². The summed E-state index contributed by atoms with van der Waals surface area (Å²) in [5, 5.41) is 25.9. The Bertz CT molecular complexity index is 978. The lowest BCUT2D eigenvalue weighted by molar-refractivity contribution is -0.137. The van der Waals surface area contributed by atoms with Crippen molar-refractivity contribution >= 4 is 23.1 Å². The van der Waals surface area contributed by atoms with Crippen molar-refractivity contribution in [3.63, 3.8) is 0 Å². The minimum absolute atomic E-state index is 0.00482. The van der Waals surface area contributed by atoms with E-state index in [0.717, 1.165) is 16.5 Å². The van der Waals surface area contributed by atoms with Crippen LogP contribution in [0.1, 0.15) is 16.1 Å². The molecule has 2 N–H and O–H groups in total. The van der Waals surface area contributed by atoms with E-state index >= 15 is 0 Å². The van der Waals surface area contributed by atoms with Crippen molar-refractivity contribution in [3.05, 3.63) is 53.9 Å². The van der Waals surface area contributed by atoms with Crippen molar-refractivity contribution < 1.29 is 28.2 Å². The first-order valence-electron chi connectivity index (χ1n) is 6.79. The highest BCUT2D eigenvalue weighted by molar-refractivity contribution is 5.91. The summed E-state index contributed by atoms with van der Waals surface area (Å²) in [7, 11) is 0. The zero-order valence-corrected chi connectivity index (χ0v) is 12.3. The molecule has 0 unspecified atom stereocenters. The van der Waals surface area contributed by atoms with Gasteiger partial charge in [0.25, 0.3) is 0 Å². The number of rotatable bonds is 3. The lowest BCUT2D eigenvalue weighted by Crippen LogP contribution is -2.06. The molecule has 10 heteroatoms. The molecule has 25 heavy (non-hydrogen) atoms. The fourth-order valence-electron chi connectivity index (χ4n) is 2.06. The minimum atomic E-state index is -4.60. The van der Waals surface area contributed by atoms with Crippen molar-refractivity contribution in [2.75, 3.05) is 0 Å². The lowest BCUT2D eigenvalue weighted by atomic mass is 10.3. The predicted molar refractivity (Wildman–Crippen MR) is 79.4 cm³/mol. The third-order valence-electron chi connectivity index (χ3n) is 3.23. The summed E-state index contributed by atoms with van der Waals surface area (Å²) in [6.07, 6.45) is -3.90. The van der Waals surface area contributed by atoms with Crippen LogP contribution in [0, 0.1) is 0 Å². The second-order valence-electron chi connectivity index (χ2n) is 4.95. The first kappa shape index (κ1) is 16.4. The fraction of sp³-hybridized carbons (Fsp3) is 0.0667. The van der Waals surface area contributed by atoms with Crippen LogP contribution in [0.15, 0.2) is 52.8 Å². The number of fused-ring (bicyclic) bond motifs is 1. The molecule has 2 heterocycles. The molecule has 0 atom stereocenters. The maximum Gasteiger partial charge on any atom is 0.417 e. The molecule has 1 aromatic carbocycles. The smallest absolute Gasteiger partial charge is 0.417 e. The highest BCUT2D eigenvalue weighted by atomic mass is 19.4. The van der Waals surface area contributed by atoms with Crippen molar-refractivity contribution in [1.82, 2.24) is 9.38 Å². The first-order chi connectivity index (χ1) is 11.8. The van der Waals surface area contributed by atoms with E-state index in [1.165, 1.54) is 24.3 Å². The van der Waals surface area contributed by atoms with Gasteiger partial charge in [0.05, 0.1) is 11.3 Å². The van der Waals surface area contributed by atoms with E-state index in [-0.39, 0.29) is 22.9 Å². The van der Waals surface area contributed by atoms with E-state index in [2.05, 4.69) is 15.2 Å². The lowest BCUT2D eigenvalue weighted by Gasteiger charge is -2.06. The van der Waals surface area contributed by atoms with Crippen molar-refractivity contribution in [3.8, 4) is 5.75 Å². The summed E-state index contributed by atoms with van der Waals surface area (Å²) in [5.41, 5.74) is -1.24. The largest absolute Gasteiger partial charge is 0.508 e. The molecule has 3 rings (SSSR count). The van der Waals surface area contributed by atoms with Crippen LogP contribution in [0.2, 0.25) is 0 Å². The van der Waals surface area contributed by atoms with Crippen LogP contribution >= 0.6 is 0 Å². The zero-order chi connectivity index (χ0) is 18.2. The highest BCUT2D eigenvalue weighted by Gasteiger charge is 2.31. The average Bonchev–Trinajstić information content (AvgIpc) is 2.91. The number of phenols is 1. The van der Waals surface area contributed by atoms with Gasteiger partial charge in [-0.1, -0.05) is 0 Å². The molecule has 0 spiro atoms. The second-order valence-corrected chi connectivity index (χ2v) is 4.95. The van der Waals surface area contributed by atoms with Gasteiger partial charge >= 0.3 is 12.1 Å². The molecule has 128 valence electrons. The maximum absolute atomic E-state index is 12.9. The number of hydrogen-bond donors (Lipinski definition) is 2. The molecule has 0 radical (unpaired) electrons. The highest BCUT2D eigenvalue weighted by Crippen LogP contribution is 2.32. The number of azo groups is 1.